The highest BCUT2D eigenvalue weighted by atomic mass is 19.4. The van der Waals surface area contributed by atoms with Crippen molar-refractivity contribution in [1.29, 1.82) is 0 Å². The summed E-state index contributed by atoms with van der Waals surface area (Å²) in [7, 11) is 0. The number of hydrogen-bond donors (Lipinski definition) is 0. The number of benzene rings is 1. The first kappa shape index (κ1) is 13.9. The van der Waals surface area contributed by atoms with Crippen LogP contribution in [-0.4, -0.2) is 16.3 Å². The topological polar surface area (TPSA) is 35.0 Å². The second-order valence-electron chi connectivity index (χ2n) is 4.80. The van der Waals surface area contributed by atoms with Crippen molar-refractivity contribution in [3.05, 3.63) is 60.0 Å². The van der Waals surface area contributed by atoms with Crippen molar-refractivity contribution >= 4 is 0 Å². The number of alkyl halides is 3. The first-order chi connectivity index (χ1) is 10.0. The zero-order valence-electron chi connectivity index (χ0n) is 11.0. The molecule has 0 spiro atoms. The van der Waals surface area contributed by atoms with E-state index in [9.17, 15) is 13.2 Å². The van der Waals surface area contributed by atoms with E-state index in [2.05, 4.69) is 14.7 Å². The average molecular weight is 293 g/mol. The zero-order valence-corrected chi connectivity index (χ0v) is 11.0. The van der Waals surface area contributed by atoms with Crippen LogP contribution in [0.3, 0.4) is 0 Å². The number of ether oxygens (including phenoxy) is 1. The Labute approximate surface area is 119 Å². The maximum absolute atomic E-state index is 12.3. The van der Waals surface area contributed by atoms with Gasteiger partial charge in [-0.25, -0.2) is 9.97 Å². The van der Waals surface area contributed by atoms with E-state index in [0.717, 1.165) is 24.3 Å². The number of aromatic nitrogens is 2. The molecule has 21 heavy (non-hydrogen) atoms. The highest BCUT2D eigenvalue weighted by Crippen LogP contribution is 2.47. The van der Waals surface area contributed by atoms with Gasteiger partial charge in [-0.1, -0.05) is 12.1 Å². The minimum Gasteiger partial charge on any atom is -0.406 e. The monoisotopic (exact) mass is 293 g/mol. The first-order valence-corrected chi connectivity index (χ1v) is 6.52. The minimum atomic E-state index is -4.68. The Morgan fingerprint density at radius 2 is 1.86 bits per heavy atom. The molecule has 1 saturated carbocycles. The van der Waals surface area contributed by atoms with Gasteiger partial charge in [0.25, 0.3) is 0 Å². The van der Waals surface area contributed by atoms with Gasteiger partial charge >= 0.3 is 6.36 Å². The number of hydrogen-bond acceptors (Lipinski definition) is 3. The molecule has 1 aromatic heterocycles. The maximum atomic E-state index is 12.3. The fourth-order valence-electron chi connectivity index (χ4n) is 2.45. The highest BCUT2D eigenvalue weighted by Gasteiger charge is 2.36. The van der Waals surface area contributed by atoms with Crippen LogP contribution in [0.4, 0.5) is 13.2 Å². The molecule has 109 valence electrons. The molecule has 1 radical (unpaired) electrons. The number of nitrogens with zero attached hydrogens (tertiary/aromatic N) is 2. The van der Waals surface area contributed by atoms with Crippen LogP contribution >= 0.6 is 0 Å². The molecule has 0 aliphatic heterocycles. The molecule has 1 aliphatic rings. The van der Waals surface area contributed by atoms with Gasteiger partial charge in [0, 0.05) is 24.2 Å². The largest absolute Gasteiger partial charge is 0.573 e. The molecule has 1 unspecified atom stereocenters. The van der Waals surface area contributed by atoms with Crippen molar-refractivity contribution < 1.29 is 17.9 Å². The Balaban J connectivity index is 1.80. The second-order valence-corrected chi connectivity index (χ2v) is 4.80. The predicted molar refractivity (Wildman–Crippen MR) is 69.5 cm³/mol. The van der Waals surface area contributed by atoms with E-state index >= 15 is 0 Å². The van der Waals surface area contributed by atoms with Crippen molar-refractivity contribution in [2.45, 2.75) is 25.1 Å². The molecule has 1 aliphatic carbocycles. The normalized spacial score (nSPS) is 19.1. The summed E-state index contributed by atoms with van der Waals surface area (Å²) >= 11 is 0. The summed E-state index contributed by atoms with van der Waals surface area (Å²) in [6, 6.07) is 7.79. The predicted octanol–water partition coefficient (Wildman–Crippen LogP) is 3.88. The Hall–Kier alpha value is -2.11. The summed E-state index contributed by atoms with van der Waals surface area (Å²) in [5.41, 5.74) is 0.750. The van der Waals surface area contributed by atoms with Crippen LogP contribution < -0.4 is 4.74 Å². The molecule has 0 N–H and O–H groups in total. The lowest BCUT2D eigenvalue weighted by molar-refractivity contribution is -0.274. The van der Waals surface area contributed by atoms with E-state index < -0.39 is 6.36 Å². The number of rotatable bonds is 3. The molecule has 2 aromatic rings. The van der Waals surface area contributed by atoms with Crippen molar-refractivity contribution in [2.24, 2.45) is 0 Å². The molecular formula is C15H12F3N2O. The van der Waals surface area contributed by atoms with Crippen LogP contribution in [0.15, 0.2) is 42.7 Å². The molecule has 6 heteroatoms. The first-order valence-electron chi connectivity index (χ1n) is 6.52. The highest BCUT2D eigenvalue weighted by molar-refractivity contribution is 5.43. The maximum Gasteiger partial charge on any atom is 0.573 e. The van der Waals surface area contributed by atoms with Crippen LogP contribution in [0.25, 0.3) is 0 Å². The summed E-state index contributed by atoms with van der Waals surface area (Å²) in [4.78, 5) is 8.43. The van der Waals surface area contributed by atoms with Crippen LogP contribution in [0.5, 0.6) is 5.75 Å². The second kappa shape index (κ2) is 5.35. The SMILES string of the molecule is FC(F)(F)Oc1cccc([C]2CCC2c2ncccn2)c1. The molecule has 1 aromatic carbocycles. The Kier molecular flexibility index (Phi) is 3.53. The molecule has 1 fully saturated rings. The smallest absolute Gasteiger partial charge is 0.406 e. The lowest BCUT2D eigenvalue weighted by Crippen LogP contribution is -2.24. The van der Waals surface area contributed by atoms with Gasteiger partial charge in [-0.05, 0) is 36.6 Å². The van der Waals surface area contributed by atoms with Gasteiger partial charge in [0.15, 0.2) is 0 Å². The van der Waals surface area contributed by atoms with E-state index in [1.54, 1.807) is 30.6 Å². The summed E-state index contributed by atoms with van der Waals surface area (Å²) < 4.78 is 40.7. The molecule has 3 rings (SSSR count). The fourth-order valence-corrected chi connectivity index (χ4v) is 2.45. The third-order valence-corrected chi connectivity index (χ3v) is 3.46. The molecule has 0 saturated heterocycles. The van der Waals surface area contributed by atoms with Gasteiger partial charge in [0.2, 0.25) is 0 Å². The lowest BCUT2D eigenvalue weighted by atomic mass is 9.69. The van der Waals surface area contributed by atoms with Crippen LogP contribution in [-0.2, 0) is 0 Å². The molecule has 0 amide bonds. The molecular weight excluding hydrogens is 281 g/mol. The molecule has 3 nitrogen and oxygen atoms in total. The van der Waals surface area contributed by atoms with Crippen LogP contribution in [0, 0.1) is 5.92 Å². The minimum absolute atomic E-state index is 0.0762. The summed E-state index contributed by atoms with van der Waals surface area (Å²) in [6.45, 7) is 0. The van der Waals surface area contributed by atoms with E-state index in [1.165, 1.54) is 12.1 Å². The Morgan fingerprint density at radius 1 is 1.10 bits per heavy atom. The fraction of sp³-hybridized carbons (Fsp3) is 0.267. The average Bonchev–Trinajstić information content (AvgIpc) is 2.37. The van der Waals surface area contributed by atoms with E-state index in [4.69, 9.17) is 0 Å². The van der Waals surface area contributed by atoms with E-state index in [-0.39, 0.29) is 11.7 Å². The summed E-state index contributed by atoms with van der Waals surface area (Å²) in [5.74, 6) is 1.63. The van der Waals surface area contributed by atoms with Crippen molar-refractivity contribution in [3.8, 4) is 5.75 Å². The third-order valence-electron chi connectivity index (χ3n) is 3.46. The zero-order chi connectivity index (χ0) is 14.9. The van der Waals surface area contributed by atoms with Crippen LogP contribution in [0.1, 0.15) is 30.1 Å². The van der Waals surface area contributed by atoms with Crippen molar-refractivity contribution in [2.75, 3.05) is 0 Å². The quantitative estimate of drug-likeness (QED) is 0.861. The van der Waals surface area contributed by atoms with Gasteiger partial charge in [0.1, 0.15) is 11.6 Å². The van der Waals surface area contributed by atoms with Crippen molar-refractivity contribution in [3.63, 3.8) is 0 Å². The molecule has 0 bridgehead atoms. The molecule has 1 heterocycles. The molecule has 1 atom stereocenters. The lowest BCUT2D eigenvalue weighted by Gasteiger charge is -2.35. The van der Waals surface area contributed by atoms with Gasteiger partial charge in [0.05, 0.1) is 0 Å². The Bertz CT molecular complexity index is 616. The van der Waals surface area contributed by atoms with E-state index in [1.807, 2.05) is 0 Å². The third kappa shape index (κ3) is 3.15. The number of halogens is 3. The van der Waals surface area contributed by atoms with Gasteiger partial charge in [-0.15, -0.1) is 13.2 Å². The summed E-state index contributed by atoms with van der Waals surface area (Å²) in [6.07, 6.45) is 0.399. The van der Waals surface area contributed by atoms with Crippen LogP contribution in [0.2, 0.25) is 0 Å². The van der Waals surface area contributed by atoms with Crippen molar-refractivity contribution in [1.82, 2.24) is 9.97 Å². The van der Waals surface area contributed by atoms with E-state index in [0.29, 0.717) is 5.82 Å². The van der Waals surface area contributed by atoms with Gasteiger partial charge in [-0.2, -0.15) is 0 Å². The standard InChI is InChI=1S/C15H12F3N2O/c16-15(17,18)21-11-4-1-3-10(9-11)12-5-6-13(12)14-19-7-2-8-20-14/h1-4,7-9,13H,5-6H2. The summed E-state index contributed by atoms with van der Waals surface area (Å²) in [5, 5.41) is 0. The van der Waals surface area contributed by atoms with Gasteiger partial charge < -0.3 is 4.74 Å². The van der Waals surface area contributed by atoms with Gasteiger partial charge in [-0.3, -0.25) is 0 Å². The Morgan fingerprint density at radius 3 is 2.48 bits per heavy atom.